The van der Waals surface area contributed by atoms with Gasteiger partial charge in [0.15, 0.2) is 0 Å². The van der Waals surface area contributed by atoms with Crippen LogP contribution in [-0.2, 0) is 11.2 Å². The maximum absolute atomic E-state index is 13.4. The van der Waals surface area contributed by atoms with E-state index in [9.17, 15) is 18.4 Å². The summed E-state index contributed by atoms with van der Waals surface area (Å²) in [6, 6.07) is 3.54. The Morgan fingerprint density at radius 1 is 1.00 bits per heavy atom. The van der Waals surface area contributed by atoms with Gasteiger partial charge in [-0.1, -0.05) is 0 Å². The molecule has 0 N–H and O–H groups in total. The van der Waals surface area contributed by atoms with Crippen molar-refractivity contribution in [1.29, 1.82) is 0 Å². The van der Waals surface area contributed by atoms with E-state index in [0.29, 0.717) is 17.0 Å². The van der Waals surface area contributed by atoms with Crippen molar-refractivity contribution in [1.82, 2.24) is 19.8 Å². The lowest BCUT2D eigenvalue weighted by atomic mass is 9.82. The zero-order chi connectivity index (χ0) is 21.3. The molecule has 4 rings (SSSR count). The van der Waals surface area contributed by atoms with E-state index in [4.69, 9.17) is 0 Å². The van der Waals surface area contributed by atoms with Crippen LogP contribution in [0.1, 0.15) is 31.5 Å². The van der Waals surface area contributed by atoms with Gasteiger partial charge in [-0.15, -0.1) is 0 Å². The van der Waals surface area contributed by atoms with E-state index in [1.54, 1.807) is 4.90 Å². The number of nitrogens with zero attached hydrogens (tertiary/aromatic N) is 4. The number of hydrogen-bond acceptors (Lipinski definition) is 4. The normalized spacial score (nSPS) is 21.9. The van der Waals surface area contributed by atoms with Gasteiger partial charge in [-0.2, -0.15) is 0 Å². The second-order valence-electron chi connectivity index (χ2n) is 8.09. The fraction of sp³-hybridized carbons (Fsp3) is 0.455. The molecule has 6 nitrogen and oxygen atoms in total. The molecule has 0 spiro atoms. The highest BCUT2D eigenvalue weighted by Gasteiger charge is 2.35. The van der Waals surface area contributed by atoms with E-state index in [1.807, 2.05) is 11.9 Å². The topological polar surface area (TPSA) is 66.4 Å². The number of hydrogen-bond donors (Lipinski definition) is 0. The third kappa shape index (κ3) is 4.32. The lowest BCUT2D eigenvalue weighted by molar-refractivity contribution is -0.123. The minimum Gasteiger partial charge on any atom is -0.326 e. The van der Waals surface area contributed by atoms with Crippen molar-refractivity contribution in [2.45, 2.75) is 38.1 Å². The summed E-state index contributed by atoms with van der Waals surface area (Å²) in [6.45, 7) is 1.52. The summed E-state index contributed by atoms with van der Waals surface area (Å²) in [7, 11) is 1.81. The molecule has 1 aromatic carbocycles. The molecule has 1 aliphatic carbocycles. The van der Waals surface area contributed by atoms with Gasteiger partial charge in [-0.05, 0) is 43.4 Å². The largest absolute Gasteiger partial charge is 0.326 e. The van der Waals surface area contributed by atoms with Crippen molar-refractivity contribution in [3.05, 3.63) is 48.1 Å². The van der Waals surface area contributed by atoms with Gasteiger partial charge < -0.3 is 9.80 Å². The van der Waals surface area contributed by atoms with Crippen LogP contribution in [-0.4, -0.2) is 57.8 Å². The third-order valence-corrected chi connectivity index (χ3v) is 6.07. The van der Waals surface area contributed by atoms with Gasteiger partial charge in [-0.3, -0.25) is 4.79 Å². The number of ketones is 1. The van der Waals surface area contributed by atoms with Crippen LogP contribution in [0.25, 0.3) is 11.1 Å². The molecule has 0 atom stereocenters. The molecule has 1 saturated carbocycles. The van der Waals surface area contributed by atoms with Crippen molar-refractivity contribution in [3.8, 4) is 11.1 Å². The van der Waals surface area contributed by atoms with Crippen molar-refractivity contribution in [2.75, 3.05) is 20.1 Å². The summed E-state index contributed by atoms with van der Waals surface area (Å²) < 4.78 is 26.8. The fourth-order valence-electron chi connectivity index (χ4n) is 4.33. The number of likely N-dealkylation sites (N-methyl/N-ethyl adjacent to an activating group) is 1. The minimum atomic E-state index is -0.665. The molecule has 8 heteroatoms. The lowest BCUT2D eigenvalue weighted by Gasteiger charge is -2.33. The first kappa shape index (κ1) is 20.4. The van der Waals surface area contributed by atoms with E-state index in [1.165, 1.54) is 24.5 Å². The Labute approximate surface area is 173 Å². The van der Waals surface area contributed by atoms with Crippen LogP contribution in [0.15, 0.2) is 30.6 Å². The summed E-state index contributed by atoms with van der Waals surface area (Å²) in [6.07, 6.45) is 6.29. The number of amides is 2. The second-order valence-corrected chi connectivity index (χ2v) is 8.09. The van der Waals surface area contributed by atoms with Crippen LogP contribution >= 0.6 is 0 Å². The number of halogens is 2. The Balaban J connectivity index is 1.33. The third-order valence-electron chi connectivity index (χ3n) is 6.07. The SMILES string of the molecule is CN1CCN(C2CCC(C(=O)Cc3ncc(-c4cc(F)cc(F)c4)cn3)CC2)C1=O. The van der Waals surface area contributed by atoms with Gasteiger partial charge in [0.25, 0.3) is 0 Å². The molecule has 0 unspecified atom stereocenters. The molecular formula is C22H24F2N4O2. The van der Waals surface area contributed by atoms with Gasteiger partial charge in [0, 0.05) is 56.1 Å². The van der Waals surface area contributed by atoms with Gasteiger partial charge in [0.2, 0.25) is 0 Å². The lowest BCUT2D eigenvalue weighted by Crippen LogP contribution is -2.41. The Bertz CT molecular complexity index is 922. The number of carbonyl (C=O) groups is 2. The first-order valence-electron chi connectivity index (χ1n) is 10.2. The van der Waals surface area contributed by atoms with Crippen molar-refractivity contribution in [3.63, 3.8) is 0 Å². The summed E-state index contributed by atoms with van der Waals surface area (Å²) in [5, 5.41) is 0. The summed E-state index contributed by atoms with van der Waals surface area (Å²) in [5.74, 6) is -0.872. The van der Waals surface area contributed by atoms with Gasteiger partial charge in [0.1, 0.15) is 23.2 Å². The maximum atomic E-state index is 13.4. The standard InChI is InChI=1S/C22H24F2N4O2/c1-27-6-7-28(22(27)30)19-4-2-14(3-5-19)20(29)11-21-25-12-16(13-26-21)15-8-17(23)10-18(24)9-15/h8-10,12-14,19H,2-7,11H2,1H3. The quantitative estimate of drug-likeness (QED) is 0.752. The minimum absolute atomic E-state index is 0.0442. The Kier molecular flexibility index (Phi) is 5.74. The van der Waals surface area contributed by atoms with Gasteiger partial charge in [0.05, 0.1) is 6.42 Å². The first-order chi connectivity index (χ1) is 14.4. The maximum Gasteiger partial charge on any atom is 0.320 e. The van der Waals surface area contributed by atoms with Gasteiger partial charge in [-0.25, -0.2) is 23.5 Å². The smallest absolute Gasteiger partial charge is 0.320 e. The fourth-order valence-corrected chi connectivity index (χ4v) is 4.33. The van der Waals surface area contributed by atoms with E-state index < -0.39 is 11.6 Å². The van der Waals surface area contributed by atoms with Crippen molar-refractivity contribution >= 4 is 11.8 Å². The van der Waals surface area contributed by atoms with Crippen molar-refractivity contribution in [2.24, 2.45) is 5.92 Å². The van der Waals surface area contributed by atoms with Crippen LogP contribution in [0.5, 0.6) is 0 Å². The zero-order valence-corrected chi connectivity index (χ0v) is 16.9. The molecule has 1 aromatic heterocycles. The average molecular weight is 414 g/mol. The Hall–Kier alpha value is -2.90. The predicted octanol–water partition coefficient (Wildman–Crippen LogP) is 3.46. The first-order valence-corrected chi connectivity index (χ1v) is 10.2. The number of urea groups is 1. The van der Waals surface area contributed by atoms with Crippen LogP contribution in [0.4, 0.5) is 13.6 Å². The molecule has 30 heavy (non-hydrogen) atoms. The molecular weight excluding hydrogens is 390 g/mol. The summed E-state index contributed by atoms with van der Waals surface area (Å²) in [4.78, 5) is 36.9. The monoisotopic (exact) mass is 414 g/mol. The van der Waals surface area contributed by atoms with Crippen molar-refractivity contribution < 1.29 is 18.4 Å². The van der Waals surface area contributed by atoms with E-state index in [-0.39, 0.29) is 30.2 Å². The Morgan fingerprint density at radius 3 is 2.20 bits per heavy atom. The summed E-state index contributed by atoms with van der Waals surface area (Å²) >= 11 is 0. The highest BCUT2D eigenvalue weighted by atomic mass is 19.1. The van der Waals surface area contributed by atoms with Gasteiger partial charge >= 0.3 is 6.03 Å². The molecule has 1 saturated heterocycles. The van der Waals surface area contributed by atoms with Crippen LogP contribution in [0.2, 0.25) is 0 Å². The molecule has 0 radical (unpaired) electrons. The highest BCUT2D eigenvalue weighted by molar-refractivity contribution is 5.83. The predicted molar refractivity (Wildman–Crippen MR) is 107 cm³/mol. The zero-order valence-electron chi connectivity index (χ0n) is 16.9. The van der Waals surface area contributed by atoms with Crippen LogP contribution in [0, 0.1) is 17.6 Å². The molecule has 2 aliphatic rings. The number of benzene rings is 1. The van der Waals surface area contributed by atoms with Crippen LogP contribution in [0.3, 0.4) is 0 Å². The molecule has 1 aliphatic heterocycles. The van der Waals surface area contributed by atoms with E-state index in [0.717, 1.165) is 44.8 Å². The van der Waals surface area contributed by atoms with E-state index in [2.05, 4.69) is 9.97 Å². The van der Waals surface area contributed by atoms with Crippen LogP contribution < -0.4 is 0 Å². The molecule has 0 bridgehead atoms. The molecule has 158 valence electrons. The number of rotatable bonds is 5. The molecule has 2 amide bonds. The molecule has 2 aromatic rings. The second kappa shape index (κ2) is 8.45. The summed E-state index contributed by atoms with van der Waals surface area (Å²) in [5.41, 5.74) is 0.844. The number of carbonyl (C=O) groups excluding carboxylic acids is 2. The molecule has 2 fully saturated rings. The molecule has 2 heterocycles. The number of aromatic nitrogens is 2. The average Bonchev–Trinajstić information content (AvgIpc) is 3.06. The number of Topliss-reactive ketones (excluding diaryl/α,β-unsaturated/α-hetero) is 1. The Morgan fingerprint density at radius 2 is 1.63 bits per heavy atom. The van der Waals surface area contributed by atoms with E-state index >= 15 is 0 Å². The highest BCUT2D eigenvalue weighted by Crippen LogP contribution is 2.30.